The molecule has 0 fully saturated rings. The van der Waals surface area contributed by atoms with E-state index in [1.165, 1.54) is 5.56 Å². The molecule has 0 aliphatic carbocycles. The zero-order valence-electron chi connectivity index (χ0n) is 15.1. The van der Waals surface area contributed by atoms with Gasteiger partial charge in [0.05, 0.1) is 6.21 Å². The summed E-state index contributed by atoms with van der Waals surface area (Å²) in [6, 6.07) is 19.7. The lowest BCUT2D eigenvalue weighted by atomic mass is 10.0. The molecule has 1 aromatic heterocycles. The Balaban J connectivity index is 1.61. The number of fused-ring (bicyclic) bond motifs is 1. The third-order valence-electron chi connectivity index (χ3n) is 4.30. The monoisotopic (exact) mass is 452 g/mol. The van der Waals surface area contributed by atoms with Gasteiger partial charge in [0.1, 0.15) is 5.75 Å². The molecule has 0 radical (unpaired) electrons. The summed E-state index contributed by atoms with van der Waals surface area (Å²) in [4.78, 5) is 0. The zero-order valence-corrected chi connectivity index (χ0v) is 17.5. The van der Waals surface area contributed by atoms with Gasteiger partial charge in [0.25, 0.3) is 0 Å². The second-order valence-electron chi connectivity index (χ2n) is 6.22. The van der Waals surface area contributed by atoms with Crippen LogP contribution in [0.5, 0.6) is 5.75 Å². The van der Waals surface area contributed by atoms with Crippen LogP contribution in [0, 0.1) is 6.92 Å². The number of benzene rings is 3. The lowest BCUT2D eigenvalue weighted by Gasteiger charge is -2.06. The molecule has 140 valence electrons. The first kappa shape index (κ1) is 18.7. The maximum absolute atomic E-state index is 10.3. The Labute approximate surface area is 175 Å². The van der Waals surface area contributed by atoms with Crippen molar-refractivity contribution in [2.75, 3.05) is 0 Å². The van der Waals surface area contributed by atoms with E-state index < -0.39 is 0 Å². The number of aromatic hydroxyl groups is 1. The van der Waals surface area contributed by atoms with Crippen LogP contribution in [0.1, 0.15) is 17.0 Å². The molecular weight excluding hydrogens is 436 g/mol. The Morgan fingerprint density at radius 3 is 2.68 bits per heavy atom. The van der Waals surface area contributed by atoms with Crippen molar-refractivity contribution in [2.45, 2.75) is 17.8 Å². The summed E-state index contributed by atoms with van der Waals surface area (Å²) in [5.41, 5.74) is 1.87. The molecule has 0 saturated carbocycles. The van der Waals surface area contributed by atoms with Gasteiger partial charge in [-0.1, -0.05) is 70.2 Å². The van der Waals surface area contributed by atoms with Gasteiger partial charge < -0.3 is 5.11 Å². The fourth-order valence-corrected chi connectivity index (χ4v) is 3.98. The smallest absolute Gasteiger partial charge is 0.212 e. The first-order valence-corrected chi connectivity index (χ1v) is 10.4. The molecule has 1 heterocycles. The fraction of sp³-hybridized carbons (Fsp3) is 0.0952. The van der Waals surface area contributed by atoms with Crippen LogP contribution in [0.2, 0.25) is 0 Å². The number of phenols is 1. The highest BCUT2D eigenvalue weighted by molar-refractivity contribution is 9.10. The largest absolute Gasteiger partial charge is 0.507 e. The number of nitrogens with zero attached hydrogens (tertiary/aromatic N) is 4. The van der Waals surface area contributed by atoms with E-state index in [4.69, 9.17) is 0 Å². The van der Waals surface area contributed by atoms with Crippen molar-refractivity contribution < 1.29 is 5.11 Å². The van der Waals surface area contributed by atoms with Crippen LogP contribution < -0.4 is 0 Å². The molecule has 0 amide bonds. The number of thioether (sulfide) groups is 1. The standard InChI is InChI=1S/C21H17BrN4OS/c1-14-24-25-21(28-13-15-6-9-17(22)10-7-15)26(14)23-12-19-18-5-3-2-4-16(18)8-11-20(19)27/h2-12,27H,13H2,1H3/b23-12+. The molecular formula is C21H17BrN4OS. The first-order valence-electron chi connectivity index (χ1n) is 8.66. The highest BCUT2D eigenvalue weighted by Crippen LogP contribution is 2.26. The van der Waals surface area contributed by atoms with Gasteiger partial charge in [-0.05, 0) is 41.5 Å². The summed E-state index contributed by atoms with van der Waals surface area (Å²) < 4.78 is 2.75. The van der Waals surface area contributed by atoms with Crippen LogP contribution in [0.25, 0.3) is 10.8 Å². The van der Waals surface area contributed by atoms with Crippen LogP contribution in [0.3, 0.4) is 0 Å². The van der Waals surface area contributed by atoms with Crippen LogP contribution in [-0.2, 0) is 5.75 Å². The summed E-state index contributed by atoms with van der Waals surface area (Å²) in [5.74, 6) is 1.65. The third kappa shape index (κ3) is 3.95. The molecule has 4 aromatic rings. The molecule has 7 heteroatoms. The van der Waals surface area contributed by atoms with Gasteiger partial charge in [-0.2, -0.15) is 9.78 Å². The van der Waals surface area contributed by atoms with Crippen molar-refractivity contribution in [2.24, 2.45) is 5.10 Å². The first-order chi connectivity index (χ1) is 13.6. The van der Waals surface area contributed by atoms with E-state index in [9.17, 15) is 5.11 Å². The Morgan fingerprint density at radius 2 is 1.86 bits per heavy atom. The molecule has 1 N–H and O–H groups in total. The number of phenolic OH excluding ortho intramolecular Hbond substituents is 1. The number of hydrogen-bond acceptors (Lipinski definition) is 5. The topological polar surface area (TPSA) is 63.3 Å². The van der Waals surface area contributed by atoms with Crippen molar-refractivity contribution in [3.05, 3.63) is 82.1 Å². The minimum absolute atomic E-state index is 0.192. The third-order valence-corrected chi connectivity index (χ3v) is 5.82. The Bertz CT molecular complexity index is 1160. The summed E-state index contributed by atoms with van der Waals surface area (Å²) in [6.07, 6.45) is 1.66. The number of aromatic nitrogens is 3. The number of rotatable bonds is 5. The van der Waals surface area contributed by atoms with Gasteiger partial charge in [-0.25, -0.2) is 0 Å². The van der Waals surface area contributed by atoms with Crippen molar-refractivity contribution in [1.29, 1.82) is 0 Å². The zero-order chi connectivity index (χ0) is 19.5. The maximum atomic E-state index is 10.3. The van der Waals surface area contributed by atoms with E-state index >= 15 is 0 Å². The predicted molar refractivity (Wildman–Crippen MR) is 117 cm³/mol. The molecule has 5 nitrogen and oxygen atoms in total. The van der Waals surface area contributed by atoms with Gasteiger partial charge in [0.15, 0.2) is 5.82 Å². The van der Waals surface area contributed by atoms with Crippen molar-refractivity contribution in [1.82, 2.24) is 14.9 Å². The molecule has 0 aliphatic heterocycles. The van der Waals surface area contributed by atoms with Crippen molar-refractivity contribution in [3.8, 4) is 5.75 Å². The molecule has 28 heavy (non-hydrogen) atoms. The molecule has 0 aliphatic rings. The Kier molecular flexibility index (Phi) is 5.45. The van der Waals surface area contributed by atoms with Gasteiger partial charge in [-0.15, -0.1) is 10.2 Å². The average Bonchev–Trinajstić information content (AvgIpc) is 3.06. The molecule has 0 atom stereocenters. The molecule has 0 saturated heterocycles. The lowest BCUT2D eigenvalue weighted by Crippen LogP contribution is -1.97. The van der Waals surface area contributed by atoms with E-state index in [0.717, 1.165) is 21.0 Å². The van der Waals surface area contributed by atoms with Crippen LogP contribution in [0.15, 0.2) is 75.4 Å². The second kappa shape index (κ2) is 8.16. The van der Waals surface area contributed by atoms with E-state index in [2.05, 4.69) is 43.4 Å². The summed E-state index contributed by atoms with van der Waals surface area (Å²) in [6.45, 7) is 1.86. The van der Waals surface area contributed by atoms with Gasteiger partial charge >= 0.3 is 0 Å². The SMILES string of the molecule is Cc1nnc(SCc2ccc(Br)cc2)n1/N=C/c1c(O)ccc2ccccc12. The van der Waals surface area contributed by atoms with E-state index in [0.29, 0.717) is 16.5 Å². The number of hydrogen-bond donors (Lipinski definition) is 1. The predicted octanol–water partition coefficient (Wildman–Crippen LogP) is 5.38. The maximum Gasteiger partial charge on any atom is 0.212 e. The Morgan fingerprint density at radius 1 is 1.07 bits per heavy atom. The quantitative estimate of drug-likeness (QED) is 0.326. The van der Waals surface area contributed by atoms with Crippen LogP contribution in [0.4, 0.5) is 0 Å². The molecule has 3 aromatic carbocycles. The molecule has 4 rings (SSSR count). The highest BCUT2D eigenvalue weighted by atomic mass is 79.9. The normalized spacial score (nSPS) is 11.5. The van der Waals surface area contributed by atoms with Crippen LogP contribution >= 0.6 is 27.7 Å². The molecule has 0 spiro atoms. The summed E-state index contributed by atoms with van der Waals surface area (Å²) in [5, 5.41) is 25.9. The van der Waals surface area contributed by atoms with Crippen LogP contribution in [-0.4, -0.2) is 26.2 Å². The minimum Gasteiger partial charge on any atom is -0.507 e. The highest BCUT2D eigenvalue weighted by Gasteiger charge is 2.10. The second-order valence-corrected chi connectivity index (χ2v) is 8.08. The van der Waals surface area contributed by atoms with Gasteiger partial charge in [0, 0.05) is 15.8 Å². The van der Waals surface area contributed by atoms with Gasteiger partial charge in [-0.3, -0.25) is 0 Å². The van der Waals surface area contributed by atoms with E-state index in [1.807, 2.05) is 49.4 Å². The fourth-order valence-electron chi connectivity index (χ4n) is 2.82. The number of aryl methyl sites for hydroxylation is 1. The average molecular weight is 453 g/mol. The number of halogens is 1. The van der Waals surface area contributed by atoms with E-state index in [-0.39, 0.29) is 5.75 Å². The Hall–Kier alpha value is -2.64. The summed E-state index contributed by atoms with van der Waals surface area (Å²) >= 11 is 5.02. The molecule has 0 unspecified atom stereocenters. The molecule has 0 bridgehead atoms. The van der Waals surface area contributed by atoms with Crippen molar-refractivity contribution in [3.63, 3.8) is 0 Å². The summed E-state index contributed by atoms with van der Waals surface area (Å²) in [7, 11) is 0. The van der Waals surface area contributed by atoms with Crippen molar-refractivity contribution >= 4 is 44.7 Å². The van der Waals surface area contributed by atoms with E-state index in [1.54, 1.807) is 28.7 Å². The van der Waals surface area contributed by atoms with Gasteiger partial charge in [0.2, 0.25) is 5.16 Å². The minimum atomic E-state index is 0.192. The lowest BCUT2D eigenvalue weighted by molar-refractivity contribution is 0.475.